The Balaban J connectivity index is 1.79. The summed E-state index contributed by atoms with van der Waals surface area (Å²) in [6.45, 7) is 2.57. The molecule has 0 radical (unpaired) electrons. The van der Waals surface area contributed by atoms with Crippen LogP contribution in [0.5, 0.6) is 0 Å². The highest BCUT2D eigenvalue weighted by molar-refractivity contribution is 7.09. The Morgan fingerprint density at radius 3 is 3.00 bits per heavy atom. The largest absolute Gasteiger partial charge is 0.481 e. The number of carbonyl (C=O) groups is 2. The number of nitrogens with zero attached hydrogens (tertiary/aromatic N) is 1. The number of nitrogens with one attached hydrogen (secondary N) is 2. The fourth-order valence-corrected chi connectivity index (χ4v) is 2.51. The molecule has 0 bridgehead atoms. The van der Waals surface area contributed by atoms with E-state index in [-0.39, 0.29) is 13.2 Å². The summed E-state index contributed by atoms with van der Waals surface area (Å²) in [6, 6.07) is -0.898. The summed E-state index contributed by atoms with van der Waals surface area (Å²) in [4.78, 5) is 26.8. The van der Waals surface area contributed by atoms with E-state index < -0.39 is 24.0 Å². The first-order valence-electron chi connectivity index (χ1n) is 5.82. The van der Waals surface area contributed by atoms with Crippen LogP contribution < -0.4 is 10.6 Å². The lowest BCUT2D eigenvalue weighted by molar-refractivity contribution is -0.142. The second-order valence-corrected chi connectivity index (χ2v) is 5.24. The monoisotopic (exact) mass is 285 g/mol. The van der Waals surface area contributed by atoms with Crippen LogP contribution in [0.2, 0.25) is 0 Å². The minimum Gasteiger partial charge on any atom is -0.481 e. The topological polar surface area (TPSA) is 101 Å². The molecular formula is C11H15N3O4S. The van der Waals surface area contributed by atoms with Crippen molar-refractivity contribution in [3.05, 3.63) is 16.1 Å². The number of urea groups is 1. The molecule has 1 fully saturated rings. The standard InChI is InChI=1S/C11H15N3O4S/c1-6-5-19-9(13-6)2-12-11(17)14-8-4-18-3-7(8)10(15)16/h5,7-8H,2-4H2,1H3,(H,15,16)(H2,12,14,17). The summed E-state index contributed by atoms with van der Waals surface area (Å²) in [5.41, 5.74) is 0.914. The fraction of sp³-hybridized carbons (Fsp3) is 0.545. The number of ether oxygens (including phenoxy) is 1. The van der Waals surface area contributed by atoms with Gasteiger partial charge in [0, 0.05) is 11.1 Å². The zero-order chi connectivity index (χ0) is 13.8. The van der Waals surface area contributed by atoms with Gasteiger partial charge in [0.05, 0.1) is 25.8 Å². The molecule has 19 heavy (non-hydrogen) atoms. The predicted octanol–water partition coefficient (Wildman–Crippen LogP) is 0.350. The highest BCUT2D eigenvalue weighted by atomic mass is 32.1. The Morgan fingerprint density at radius 2 is 2.37 bits per heavy atom. The zero-order valence-electron chi connectivity index (χ0n) is 10.4. The van der Waals surface area contributed by atoms with Crippen LogP contribution in [0.15, 0.2) is 5.38 Å². The lowest BCUT2D eigenvalue weighted by Crippen LogP contribution is -2.47. The van der Waals surface area contributed by atoms with Crippen molar-refractivity contribution in [1.29, 1.82) is 0 Å². The highest BCUT2D eigenvalue weighted by Crippen LogP contribution is 2.13. The van der Waals surface area contributed by atoms with Crippen molar-refractivity contribution in [2.75, 3.05) is 13.2 Å². The van der Waals surface area contributed by atoms with Gasteiger partial charge in [-0.15, -0.1) is 11.3 Å². The van der Waals surface area contributed by atoms with Gasteiger partial charge in [-0.3, -0.25) is 4.79 Å². The molecule has 2 atom stereocenters. The van der Waals surface area contributed by atoms with E-state index in [4.69, 9.17) is 9.84 Å². The third-order valence-electron chi connectivity index (χ3n) is 2.78. The Hall–Kier alpha value is -1.67. The molecule has 7 nitrogen and oxygen atoms in total. The Labute approximate surface area is 114 Å². The van der Waals surface area contributed by atoms with E-state index in [1.807, 2.05) is 12.3 Å². The molecule has 1 aliphatic rings. The maximum Gasteiger partial charge on any atom is 0.315 e. The van der Waals surface area contributed by atoms with Gasteiger partial charge >= 0.3 is 12.0 Å². The van der Waals surface area contributed by atoms with Crippen LogP contribution >= 0.6 is 11.3 Å². The van der Waals surface area contributed by atoms with Crippen LogP contribution in [0.3, 0.4) is 0 Å². The predicted molar refractivity (Wildman–Crippen MR) is 68.0 cm³/mol. The van der Waals surface area contributed by atoms with Gasteiger partial charge in [-0.1, -0.05) is 0 Å². The molecule has 0 aliphatic carbocycles. The summed E-state index contributed by atoms with van der Waals surface area (Å²) < 4.78 is 5.06. The number of thiazole rings is 1. The van der Waals surface area contributed by atoms with E-state index >= 15 is 0 Å². The summed E-state index contributed by atoms with van der Waals surface area (Å²) >= 11 is 1.47. The van der Waals surface area contributed by atoms with Gasteiger partial charge in [0.1, 0.15) is 10.9 Å². The Bertz CT molecular complexity index is 476. The second kappa shape index (κ2) is 5.98. The van der Waals surface area contributed by atoms with Crippen molar-refractivity contribution >= 4 is 23.3 Å². The fourth-order valence-electron chi connectivity index (χ4n) is 1.80. The minimum absolute atomic E-state index is 0.131. The van der Waals surface area contributed by atoms with E-state index in [1.165, 1.54) is 11.3 Å². The van der Waals surface area contributed by atoms with Crippen molar-refractivity contribution in [2.45, 2.75) is 19.5 Å². The van der Waals surface area contributed by atoms with E-state index in [2.05, 4.69) is 15.6 Å². The van der Waals surface area contributed by atoms with Gasteiger partial charge in [-0.25, -0.2) is 9.78 Å². The van der Waals surface area contributed by atoms with E-state index in [9.17, 15) is 9.59 Å². The number of hydrogen-bond donors (Lipinski definition) is 3. The number of amides is 2. The molecule has 2 heterocycles. The number of rotatable bonds is 4. The van der Waals surface area contributed by atoms with E-state index in [0.717, 1.165) is 10.7 Å². The number of carbonyl (C=O) groups excluding carboxylic acids is 1. The normalized spacial score (nSPS) is 22.2. The van der Waals surface area contributed by atoms with Crippen molar-refractivity contribution in [2.24, 2.45) is 5.92 Å². The molecule has 2 amide bonds. The van der Waals surface area contributed by atoms with Gasteiger partial charge < -0.3 is 20.5 Å². The molecular weight excluding hydrogens is 270 g/mol. The van der Waals surface area contributed by atoms with Crippen molar-refractivity contribution in [3.8, 4) is 0 Å². The van der Waals surface area contributed by atoms with Gasteiger partial charge in [0.15, 0.2) is 0 Å². The summed E-state index contributed by atoms with van der Waals surface area (Å²) in [7, 11) is 0. The Morgan fingerprint density at radius 1 is 1.58 bits per heavy atom. The minimum atomic E-state index is -0.960. The molecule has 2 rings (SSSR count). The molecule has 104 valence electrons. The molecule has 8 heteroatoms. The molecule has 0 saturated carbocycles. The van der Waals surface area contributed by atoms with Crippen LogP contribution in [0.4, 0.5) is 4.79 Å². The van der Waals surface area contributed by atoms with Crippen molar-refractivity contribution in [1.82, 2.24) is 15.6 Å². The average molecular weight is 285 g/mol. The lowest BCUT2D eigenvalue weighted by Gasteiger charge is -2.15. The summed E-state index contributed by atoms with van der Waals surface area (Å²) in [6.07, 6.45) is 0. The first-order chi connectivity index (χ1) is 9.06. The maximum atomic E-state index is 11.7. The maximum absolute atomic E-state index is 11.7. The second-order valence-electron chi connectivity index (χ2n) is 4.30. The number of carboxylic acids is 1. The molecule has 0 aromatic carbocycles. The Kier molecular flexibility index (Phi) is 4.33. The van der Waals surface area contributed by atoms with E-state index in [0.29, 0.717) is 6.54 Å². The van der Waals surface area contributed by atoms with E-state index in [1.54, 1.807) is 0 Å². The lowest BCUT2D eigenvalue weighted by atomic mass is 10.0. The van der Waals surface area contributed by atoms with Gasteiger partial charge in [-0.2, -0.15) is 0 Å². The smallest absolute Gasteiger partial charge is 0.315 e. The molecule has 2 unspecified atom stereocenters. The highest BCUT2D eigenvalue weighted by Gasteiger charge is 2.34. The summed E-state index contributed by atoms with van der Waals surface area (Å²) in [5, 5.41) is 16.9. The third kappa shape index (κ3) is 3.65. The average Bonchev–Trinajstić information content (AvgIpc) is 2.95. The van der Waals surface area contributed by atoms with Crippen LogP contribution in [0.1, 0.15) is 10.7 Å². The van der Waals surface area contributed by atoms with Crippen molar-refractivity contribution < 1.29 is 19.4 Å². The SMILES string of the molecule is Cc1csc(CNC(=O)NC2COCC2C(=O)O)n1. The first-order valence-corrected chi connectivity index (χ1v) is 6.70. The third-order valence-corrected chi connectivity index (χ3v) is 3.75. The molecule has 1 aromatic rings. The van der Waals surface area contributed by atoms with Gasteiger partial charge in [-0.05, 0) is 6.92 Å². The van der Waals surface area contributed by atoms with Crippen LogP contribution in [0.25, 0.3) is 0 Å². The van der Waals surface area contributed by atoms with Crippen LogP contribution in [-0.4, -0.2) is 41.3 Å². The first kappa shape index (κ1) is 13.8. The van der Waals surface area contributed by atoms with Crippen molar-refractivity contribution in [3.63, 3.8) is 0 Å². The van der Waals surface area contributed by atoms with Crippen LogP contribution in [-0.2, 0) is 16.1 Å². The van der Waals surface area contributed by atoms with Gasteiger partial charge in [0.2, 0.25) is 0 Å². The molecule has 3 N–H and O–H groups in total. The van der Waals surface area contributed by atoms with Crippen LogP contribution in [0, 0.1) is 12.8 Å². The zero-order valence-corrected chi connectivity index (χ0v) is 11.2. The molecule has 1 saturated heterocycles. The number of aryl methyl sites for hydroxylation is 1. The number of hydrogen-bond acceptors (Lipinski definition) is 5. The van der Waals surface area contributed by atoms with Gasteiger partial charge in [0.25, 0.3) is 0 Å². The molecule has 1 aromatic heterocycles. The molecule has 0 spiro atoms. The summed E-state index contributed by atoms with van der Waals surface area (Å²) in [5.74, 6) is -1.65. The number of aliphatic carboxylic acids is 1. The molecule has 1 aliphatic heterocycles. The number of aromatic nitrogens is 1. The number of carboxylic acid groups (broad SMARTS) is 1. The quantitative estimate of drug-likeness (QED) is 0.741.